The van der Waals surface area contributed by atoms with Crippen LogP contribution in [-0.4, -0.2) is 41.1 Å². The third-order valence-corrected chi connectivity index (χ3v) is 1.90. The van der Waals surface area contributed by atoms with Gasteiger partial charge in [0.15, 0.2) is 0 Å². The second kappa shape index (κ2) is 4.11. The molecular formula is C8H14N2O3. The number of amides is 2. The summed E-state index contributed by atoms with van der Waals surface area (Å²) in [6.07, 6.45) is 2.02. The van der Waals surface area contributed by atoms with Crippen LogP contribution in [0.25, 0.3) is 0 Å². The molecule has 1 rings (SSSR count). The fraction of sp³-hybridized carbons (Fsp3) is 0.750. The van der Waals surface area contributed by atoms with Crippen LogP contribution < -0.4 is 5.32 Å². The van der Waals surface area contributed by atoms with Crippen LogP contribution in [0.4, 0.5) is 4.79 Å². The van der Waals surface area contributed by atoms with Crippen LogP contribution in [0.1, 0.15) is 19.8 Å². The van der Waals surface area contributed by atoms with E-state index in [2.05, 4.69) is 5.32 Å². The molecule has 5 heteroatoms. The number of aliphatic carboxylic acids is 1. The molecule has 1 aliphatic rings. The van der Waals surface area contributed by atoms with Crippen LogP contribution in [0.3, 0.4) is 0 Å². The lowest BCUT2D eigenvalue weighted by Crippen LogP contribution is -2.43. The van der Waals surface area contributed by atoms with Gasteiger partial charge < -0.3 is 15.3 Å². The van der Waals surface area contributed by atoms with Crippen molar-refractivity contribution < 1.29 is 14.7 Å². The quantitative estimate of drug-likeness (QED) is 0.661. The lowest BCUT2D eigenvalue weighted by Gasteiger charge is -2.18. The third-order valence-electron chi connectivity index (χ3n) is 1.90. The average Bonchev–Trinajstić information content (AvgIpc) is 2.83. The van der Waals surface area contributed by atoms with Crippen molar-refractivity contribution in [1.29, 1.82) is 0 Å². The Hall–Kier alpha value is -1.26. The van der Waals surface area contributed by atoms with Gasteiger partial charge in [0.1, 0.15) is 6.54 Å². The zero-order valence-corrected chi connectivity index (χ0v) is 7.62. The summed E-state index contributed by atoms with van der Waals surface area (Å²) in [5, 5.41) is 11.2. The Morgan fingerprint density at radius 1 is 1.54 bits per heavy atom. The van der Waals surface area contributed by atoms with Crippen LogP contribution in [0.15, 0.2) is 0 Å². The number of hydrogen-bond acceptors (Lipinski definition) is 2. The predicted octanol–water partition coefficient (Wildman–Crippen LogP) is 0.265. The highest BCUT2D eigenvalue weighted by Crippen LogP contribution is 2.18. The average molecular weight is 186 g/mol. The second-order valence-electron chi connectivity index (χ2n) is 3.13. The Bertz CT molecular complexity index is 213. The molecule has 1 saturated carbocycles. The van der Waals surface area contributed by atoms with E-state index in [1.807, 2.05) is 0 Å². The molecule has 0 aromatic heterocycles. The van der Waals surface area contributed by atoms with Crippen LogP contribution in [-0.2, 0) is 4.79 Å². The van der Waals surface area contributed by atoms with E-state index in [0.29, 0.717) is 6.54 Å². The lowest BCUT2D eigenvalue weighted by molar-refractivity contribution is -0.137. The van der Waals surface area contributed by atoms with E-state index in [1.165, 1.54) is 4.90 Å². The molecule has 0 radical (unpaired) electrons. The Labute approximate surface area is 76.7 Å². The number of rotatable bonds is 4. The van der Waals surface area contributed by atoms with Gasteiger partial charge in [-0.1, -0.05) is 0 Å². The van der Waals surface area contributed by atoms with Gasteiger partial charge in [-0.05, 0) is 19.8 Å². The predicted molar refractivity (Wildman–Crippen MR) is 46.4 cm³/mol. The molecule has 0 unspecified atom stereocenters. The van der Waals surface area contributed by atoms with Gasteiger partial charge in [-0.25, -0.2) is 4.79 Å². The summed E-state index contributed by atoms with van der Waals surface area (Å²) in [5.74, 6) is -0.979. The van der Waals surface area contributed by atoms with Crippen molar-refractivity contribution in [3.8, 4) is 0 Å². The van der Waals surface area contributed by atoms with Crippen molar-refractivity contribution in [3.05, 3.63) is 0 Å². The van der Waals surface area contributed by atoms with Gasteiger partial charge >= 0.3 is 12.0 Å². The molecule has 5 nitrogen and oxygen atoms in total. The van der Waals surface area contributed by atoms with E-state index in [1.54, 1.807) is 6.92 Å². The summed E-state index contributed by atoms with van der Waals surface area (Å²) in [7, 11) is 0. The first-order valence-electron chi connectivity index (χ1n) is 4.40. The van der Waals surface area contributed by atoms with Gasteiger partial charge in [0, 0.05) is 12.6 Å². The number of carboxylic acid groups (broad SMARTS) is 1. The standard InChI is InChI=1S/C8H14N2O3/c1-2-10(5-7(11)12)8(13)9-6-3-4-6/h6H,2-5H2,1H3,(H,9,13)(H,11,12). The minimum absolute atomic E-state index is 0.227. The molecular weight excluding hydrogens is 172 g/mol. The van der Waals surface area contributed by atoms with Crippen molar-refractivity contribution >= 4 is 12.0 Å². The molecule has 0 aliphatic heterocycles. The number of hydrogen-bond donors (Lipinski definition) is 2. The molecule has 2 N–H and O–H groups in total. The molecule has 2 amide bonds. The number of likely N-dealkylation sites (N-methyl/N-ethyl adjacent to an activating group) is 1. The first-order chi connectivity index (χ1) is 6.13. The zero-order chi connectivity index (χ0) is 9.84. The summed E-state index contributed by atoms with van der Waals surface area (Å²) < 4.78 is 0. The monoisotopic (exact) mass is 186 g/mol. The van der Waals surface area contributed by atoms with Gasteiger partial charge in [-0.2, -0.15) is 0 Å². The van der Waals surface area contributed by atoms with E-state index >= 15 is 0 Å². The Morgan fingerprint density at radius 3 is 2.54 bits per heavy atom. The van der Waals surface area contributed by atoms with E-state index in [4.69, 9.17) is 5.11 Å². The first kappa shape index (κ1) is 9.83. The highest BCUT2D eigenvalue weighted by atomic mass is 16.4. The fourth-order valence-electron chi connectivity index (χ4n) is 0.984. The van der Waals surface area contributed by atoms with Crippen molar-refractivity contribution in [2.75, 3.05) is 13.1 Å². The molecule has 1 fully saturated rings. The number of nitrogens with zero attached hydrogens (tertiary/aromatic N) is 1. The fourth-order valence-corrected chi connectivity index (χ4v) is 0.984. The summed E-state index contributed by atoms with van der Waals surface area (Å²) in [5.41, 5.74) is 0. The molecule has 0 heterocycles. The Kier molecular flexibility index (Phi) is 3.11. The maximum atomic E-state index is 11.3. The second-order valence-corrected chi connectivity index (χ2v) is 3.13. The van der Waals surface area contributed by atoms with Crippen molar-refractivity contribution in [2.45, 2.75) is 25.8 Å². The third kappa shape index (κ3) is 3.31. The van der Waals surface area contributed by atoms with Crippen molar-refractivity contribution in [2.24, 2.45) is 0 Å². The molecule has 0 spiro atoms. The van der Waals surface area contributed by atoms with Crippen LogP contribution >= 0.6 is 0 Å². The summed E-state index contributed by atoms with van der Waals surface area (Å²) in [4.78, 5) is 22.9. The first-order valence-corrected chi connectivity index (χ1v) is 4.40. The summed E-state index contributed by atoms with van der Waals surface area (Å²) in [6.45, 7) is 1.95. The van der Waals surface area contributed by atoms with Gasteiger partial charge in [-0.15, -0.1) is 0 Å². The molecule has 0 aromatic rings. The van der Waals surface area contributed by atoms with Crippen LogP contribution in [0, 0.1) is 0 Å². The maximum Gasteiger partial charge on any atom is 0.323 e. The molecule has 0 atom stereocenters. The van der Waals surface area contributed by atoms with E-state index in [0.717, 1.165) is 12.8 Å². The Morgan fingerprint density at radius 2 is 2.15 bits per heavy atom. The van der Waals surface area contributed by atoms with Gasteiger partial charge in [0.2, 0.25) is 0 Å². The SMILES string of the molecule is CCN(CC(=O)O)C(=O)NC1CC1. The molecule has 13 heavy (non-hydrogen) atoms. The number of carboxylic acids is 1. The molecule has 0 bridgehead atoms. The van der Waals surface area contributed by atoms with Crippen LogP contribution in [0.5, 0.6) is 0 Å². The molecule has 0 aromatic carbocycles. The highest BCUT2D eigenvalue weighted by molar-refractivity contribution is 5.80. The zero-order valence-electron chi connectivity index (χ0n) is 7.62. The van der Waals surface area contributed by atoms with Crippen LogP contribution in [0.2, 0.25) is 0 Å². The topological polar surface area (TPSA) is 69.6 Å². The summed E-state index contributed by atoms with van der Waals surface area (Å²) in [6, 6.07) is 0.00254. The molecule has 0 saturated heterocycles. The summed E-state index contributed by atoms with van der Waals surface area (Å²) >= 11 is 0. The van der Waals surface area contributed by atoms with Gasteiger partial charge in [0.05, 0.1) is 0 Å². The van der Waals surface area contributed by atoms with E-state index in [9.17, 15) is 9.59 Å². The Balaban J connectivity index is 2.34. The number of urea groups is 1. The van der Waals surface area contributed by atoms with E-state index in [-0.39, 0.29) is 18.6 Å². The number of carbonyl (C=O) groups excluding carboxylic acids is 1. The van der Waals surface area contributed by atoms with E-state index < -0.39 is 5.97 Å². The minimum Gasteiger partial charge on any atom is -0.480 e. The lowest BCUT2D eigenvalue weighted by atomic mass is 10.5. The van der Waals surface area contributed by atoms with Crippen molar-refractivity contribution in [1.82, 2.24) is 10.2 Å². The number of nitrogens with one attached hydrogen (secondary N) is 1. The normalized spacial score (nSPS) is 15.2. The van der Waals surface area contributed by atoms with Gasteiger partial charge in [0.25, 0.3) is 0 Å². The number of carbonyl (C=O) groups is 2. The largest absolute Gasteiger partial charge is 0.480 e. The smallest absolute Gasteiger partial charge is 0.323 e. The maximum absolute atomic E-state index is 11.3. The van der Waals surface area contributed by atoms with Gasteiger partial charge in [-0.3, -0.25) is 4.79 Å². The highest BCUT2D eigenvalue weighted by Gasteiger charge is 2.25. The molecule has 74 valence electrons. The van der Waals surface area contributed by atoms with Crippen molar-refractivity contribution in [3.63, 3.8) is 0 Å². The minimum atomic E-state index is -0.979. The molecule has 1 aliphatic carbocycles.